The average molecular weight is 670 g/mol. The molecule has 0 amide bonds. The van der Waals surface area contributed by atoms with E-state index in [1.807, 2.05) is 0 Å². The molecular weight excluding hydrogens is 627 g/mol. The normalized spacial score (nSPS) is 19.7. The molecule has 0 fully saturated rings. The van der Waals surface area contributed by atoms with E-state index >= 15 is 0 Å². The van der Waals surface area contributed by atoms with Gasteiger partial charge in [0.2, 0.25) is 0 Å². The summed E-state index contributed by atoms with van der Waals surface area (Å²) in [7, 11) is 7.23. The minimum absolute atomic E-state index is 0.109. The molecule has 0 saturated carbocycles. The van der Waals surface area contributed by atoms with Gasteiger partial charge in [0.25, 0.3) is 0 Å². The summed E-state index contributed by atoms with van der Waals surface area (Å²) in [4.78, 5) is 0. The summed E-state index contributed by atoms with van der Waals surface area (Å²) in [5.41, 5.74) is 4.82. The van der Waals surface area contributed by atoms with E-state index in [1.54, 1.807) is 7.24 Å². The summed E-state index contributed by atoms with van der Waals surface area (Å²) in [6.07, 6.45) is 9.92. The van der Waals surface area contributed by atoms with Crippen LogP contribution in [0.1, 0.15) is 90.0 Å². The molecule has 2 heterocycles. The Hall–Kier alpha value is 0.439. The van der Waals surface area contributed by atoms with Crippen LogP contribution in [0.4, 0.5) is 0 Å². The van der Waals surface area contributed by atoms with Crippen molar-refractivity contribution in [2.24, 2.45) is 21.7 Å². The predicted octanol–water partition coefficient (Wildman–Crippen LogP) is 8.36. The fourth-order valence-corrected chi connectivity index (χ4v) is 15.6. The van der Waals surface area contributed by atoms with Crippen molar-refractivity contribution in [1.29, 1.82) is 0 Å². The Kier molecular flexibility index (Phi) is 8.25. The first-order valence-electron chi connectivity index (χ1n) is 11.3. The van der Waals surface area contributed by atoms with Crippen LogP contribution < -0.4 is 0 Å². The van der Waals surface area contributed by atoms with Crippen molar-refractivity contribution in [3.63, 3.8) is 0 Å². The van der Waals surface area contributed by atoms with Crippen molar-refractivity contribution in [2.75, 3.05) is 0 Å². The first-order chi connectivity index (χ1) is 13.7. The zero-order valence-corrected chi connectivity index (χ0v) is 27.4. The van der Waals surface area contributed by atoms with Crippen LogP contribution in [0.2, 0.25) is 0 Å². The van der Waals surface area contributed by atoms with Gasteiger partial charge in [-0.1, -0.05) is 0 Å². The molecule has 0 bridgehead atoms. The minimum atomic E-state index is -2.01. The first kappa shape index (κ1) is 27.7. The third-order valence-electron chi connectivity index (χ3n) is 5.58. The van der Waals surface area contributed by atoms with Crippen LogP contribution in [0.3, 0.4) is 0 Å². The summed E-state index contributed by atoms with van der Waals surface area (Å²) in [6.45, 7) is 30.5. The molecule has 0 atom stereocenters. The van der Waals surface area contributed by atoms with Gasteiger partial charge in [-0.25, -0.2) is 0 Å². The van der Waals surface area contributed by atoms with Crippen molar-refractivity contribution in [1.82, 2.24) is 0 Å². The van der Waals surface area contributed by atoms with Crippen molar-refractivity contribution in [2.45, 2.75) is 90.0 Å². The average Bonchev–Trinajstić information content (AvgIpc) is 2.57. The summed E-state index contributed by atoms with van der Waals surface area (Å²) < 4.78 is 6.29. The Balaban J connectivity index is 2.80. The van der Waals surface area contributed by atoms with Gasteiger partial charge in [0.15, 0.2) is 0 Å². The maximum absolute atomic E-state index is 7.23. The molecule has 0 aliphatic carbocycles. The van der Waals surface area contributed by atoms with E-state index < -0.39 is 18.0 Å². The Morgan fingerprint density at radius 2 is 1.13 bits per heavy atom. The molecule has 0 aromatic rings. The van der Waals surface area contributed by atoms with E-state index in [1.165, 1.54) is 23.9 Å². The standard InChI is InChI=1S/C28H43ClTe2/c1-18(19-14-21(25(2,3)4)30-22(15-19)26(5,6)7)20-16-23(27(8,9)10)31(29)24(17-20)28(11,12)13/h14-17H,1-13H3. The van der Waals surface area contributed by atoms with Crippen LogP contribution in [-0.4, -0.2) is 42.4 Å². The van der Waals surface area contributed by atoms with Crippen LogP contribution in [0.25, 0.3) is 0 Å². The van der Waals surface area contributed by atoms with Crippen LogP contribution in [0.5, 0.6) is 0 Å². The first-order valence-corrected chi connectivity index (χ1v) is 18.9. The van der Waals surface area contributed by atoms with E-state index in [-0.39, 0.29) is 42.6 Å². The number of hydrogen-bond donors (Lipinski definition) is 0. The molecule has 2 aliphatic heterocycles. The van der Waals surface area contributed by atoms with E-state index in [4.69, 9.17) is 8.96 Å². The molecule has 31 heavy (non-hydrogen) atoms. The molecule has 174 valence electrons. The molecule has 0 aromatic heterocycles. The Bertz CT molecular complexity index is 903. The van der Waals surface area contributed by atoms with Gasteiger partial charge < -0.3 is 0 Å². The summed E-state index contributed by atoms with van der Waals surface area (Å²) in [6, 6.07) is 0. The SMILES string of the molecule is CC(C1=CC(C(C)(C)C)=[Te](Cl)C(C(C)(C)C)=C1)=C1C=C(C(C)(C)C)[Te]C(C(C)(C)C)=C1. The predicted molar refractivity (Wildman–Crippen MR) is 145 cm³/mol. The number of allylic oxidation sites excluding steroid dienone is 10. The zero-order chi connectivity index (χ0) is 24.2. The number of hydrogen-bond acceptors (Lipinski definition) is 0. The number of halogens is 1. The maximum atomic E-state index is 7.23. The summed E-state index contributed by atoms with van der Waals surface area (Å²) in [5.74, 6) is 0. The van der Waals surface area contributed by atoms with Crippen molar-refractivity contribution in [3.8, 4) is 0 Å². The second-order valence-corrected chi connectivity index (χ2v) is 22.1. The van der Waals surface area contributed by atoms with Gasteiger partial charge >= 0.3 is 215 Å². The van der Waals surface area contributed by atoms with Gasteiger partial charge in [-0.05, 0) is 0 Å². The van der Waals surface area contributed by atoms with Crippen LogP contribution in [0.15, 0.2) is 51.9 Å². The van der Waals surface area contributed by atoms with Crippen LogP contribution in [0, 0.1) is 21.7 Å². The third kappa shape index (κ3) is 6.74. The molecule has 2 rings (SSSR count). The molecule has 0 saturated heterocycles. The fraction of sp³-hybridized carbons (Fsp3) is 0.607. The molecule has 0 unspecified atom stereocenters. The molecule has 0 N–H and O–H groups in total. The van der Waals surface area contributed by atoms with Crippen LogP contribution in [-0.2, 0) is 0 Å². The van der Waals surface area contributed by atoms with Gasteiger partial charge in [-0.3, -0.25) is 0 Å². The van der Waals surface area contributed by atoms with Gasteiger partial charge in [0, 0.05) is 0 Å². The van der Waals surface area contributed by atoms with Crippen molar-refractivity contribution >= 4 is 51.4 Å². The van der Waals surface area contributed by atoms with Crippen molar-refractivity contribution < 1.29 is 0 Å². The third-order valence-corrected chi connectivity index (χ3v) is 19.6. The topological polar surface area (TPSA) is 0 Å². The summed E-state index contributed by atoms with van der Waals surface area (Å²) in [5, 5.41) is 0. The van der Waals surface area contributed by atoms with Gasteiger partial charge in [0.1, 0.15) is 0 Å². The molecule has 0 spiro atoms. The quantitative estimate of drug-likeness (QED) is 0.246. The Morgan fingerprint density at radius 1 is 0.677 bits per heavy atom. The second-order valence-electron chi connectivity index (χ2n) is 12.9. The summed E-state index contributed by atoms with van der Waals surface area (Å²) >= 11 is -2.32. The molecule has 3 heteroatoms. The molecular formula is C28H43ClTe2. The Morgan fingerprint density at radius 3 is 1.48 bits per heavy atom. The van der Waals surface area contributed by atoms with Gasteiger partial charge in [-0.15, -0.1) is 0 Å². The zero-order valence-electron chi connectivity index (χ0n) is 22.0. The molecule has 0 radical (unpaired) electrons. The number of rotatable bonds is 1. The second kappa shape index (κ2) is 9.24. The fourth-order valence-electron chi connectivity index (χ4n) is 3.36. The van der Waals surface area contributed by atoms with E-state index in [0.29, 0.717) is 0 Å². The van der Waals surface area contributed by atoms with Crippen LogP contribution >= 0.6 is 8.96 Å². The molecule has 0 aromatic carbocycles. The van der Waals surface area contributed by atoms with E-state index in [0.717, 1.165) is 0 Å². The molecule has 0 nitrogen and oxygen atoms in total. The van der Waals surface area contributed by atoms with E-state index in [9.17, 15) is 0 Å². The monoisotopic (exact) mass is 674 g/mol. The Labute approximate surface area is 213 Å². The van der Waals surface area contributed by atoms with E-state index in [2.05, 4.69) is 114 Å². The molecule has 2 aliphatic rings. The van der Waals surface area contributed by atoms with Gasteiger partial charge in [-0.2, -0.15) is 0 Å². The van der Waals surface area contributed by atoms with Crippen molar-refractivity contribution in [3.05, 3.63) is 51.9 Å². The van der Waals surface area contributed by atoms with Gasteiger partial charge in [0.05, 0.1) is 0 Å².